The molecule has 0 aromatic rings. The van der Waals surface area contributed by atoms with Gasteiger partial charge >= 0.3 is 6.03 Å². The number of carbonyl (C=O) groups excluding carboxylic acids is 4. The third-order valence-corrected chi connectivity index (χ3v) is 5.75. The molecule has 0 radical (unpaired) electrons. The molecule has 4 N–H and O–H groups in total. The fraction of sp³-hybridized carbons (Fsp3) is 0.778. The minimum Gasteiger partial charge on any atom is -0.368 e. The summed E-state index contributed by atoms with van der Waals surface area (Å²) in [7, 11) is 1.49. The fourth-order valence-corrected chi connectivity index (χ4v) is 4.29. The van der Waals surface area contributed by atoms with Crippen LogP contribution in [-0.2, 0) is 14.4 Å². The second kappa shape index (κ2) is 10.5. The Morgan fingerprint density at radius 1 is 1.11 bits per heavy atom. The number of amides is 5. The van der Waals surface area contributed by atoms with Crippen LogP contribution >= 0.6 is 11.8 Å². The van der Waals surface area contributed by atoms with Gasteiger partial charge in [-0.15, -0.1) is 0 Å². The van der Waals surface area contributed by atoms with E-state index in [9.17, 15) is 19.2 Å². The molecule has 1 aliphatic heterocycles. The molecule has 0 aromatic carbocycles. The van der Waals surface area contributed by atoms with Crippen LogP contribution in [0.5, 0.6) is 0 Å². The molecule has 28 heavy (non-hydrogen) atoms. The second-order valence-electron chi connectivity index (χ2n) is 7.54. The first-order valence-corrected chi connectivity index (χ1v) is 11.1. The van der Waals surface area contributed by atoms with E-state index >= 15 is 0 Å². The standard InChI is InChI=1S/C18H31N5O4S/c1-22(10-15(19)24)17(26)14-8-13(9-23(14)16(25)11-28-2)21-18(27)20-12-6-4-3-5-7-12/h12-14H,3-11H2,1-2H3,(H2,19,24)(H2,20,21,27)/t13-,14-/m0/s1. The molecule has 2 aliphatic rings. The average Bonchev–Trinajstić information content (AvgIpc) is 3.05. The van der Waals surface area contributed by atoms with Crippen molar-refractivity contribution < 1.29 is 19.2 Å². The number of hydrogen-bond donors (Lipinski definition) is 3. The number of thioether (sulfide) groups is 1. The second-order valence-corrected chi connectivity index (χ2v) is 8.41. The van der Waals surface area contributed by atoms with Gasteiger partial charge in [-0.05, 0) is 25.5 Å². The van der Waals surface area contributed by atoms with Crippen LogP contribution in [0.4, 0.5) is 4.79 Å². The smallest absolute Gasteiger partial charge is 0.315 e. The van der Waals surface area contributed by atoms with Gasteiger partial charge in [0.05, 0.1) is 18.3 Å². The SMILES string of the molecule is CSCC(=O)N1C[C@@H](NC(=O)NC2CCCCC2)C[C@H]1C(=O)N(C)CC(N)=O. The number of likely N-dealkylation sites (tertiary alicyclic amines) is 1. The van der Waals surface area contributed by atoms with E-state index in [0.717, 1.165) is 25.7 Å². The number of nitrogens with two attached hydrogens (primary N) is 1. The Morgan fingerprint density at radius 3 is 2.36 bits per heavy atom. The van der Waals surface area contributed by atoms with Crippen molar-refractivity contribution in [1.29, 1.82) is 0 Å². The number of carbonyl (C=O) groups is 4. The zero-order chi connectivity index (χ0) is 20.7. The summed E-state index contributed by atoms with van der Waals surface area (Å²) in [4.78, 5) is 51.4. The molecule has 1 saturated heterocycles. The lowest BCUT2D eigenvalue weighted by Gasteiger charge is -2.27. The first kappa shape index (κ1) is 22.3. The Kier molecular flexibility index (Phi) is 8.40. The summed E-state index contributed by atoms with van der Waals surface area (Å²) in [5.74, 6) is -0.859. The Labute approximate surface area is 170 Å². The molecule has 0 bridgehead atoms. The lowest BCUT2D eigenvalue weighted by molar-refractivity contribution is -0.142. The molecule has 1 aliphatic carbocycles. The van der Waals surface area contributed by atoms with E-state index in [1.165, 1.54) is 35.0 Å². The van der Waals surface area contributed by atoms with Gasteiger partial charge in [0.2, 0.25) is 17.7 Å². The zero-order valence-corrected chi connectivity index (χ0v) is 17.4. The van der Waals surface area contributed by atoms with Crippen molar-refractivity contribution in [2.45, 2.75) is 56.7 Å². The van der Waals surface area contributed by atoms with Crippen LogP contribution in [0.1, 0.15) is 38.5 Å². The van der Waals surface area contributed by atoms with Crippen LogP contribution in [0.2, 0.25) is 0 Å². The van der Waals surface area contributed by atoms with E-state index in [0.29, 0.717) is 6.42 Å². The van der Waals surface area contributed by atoms with E-state index < -0.39 is 11.9 Å². The van der Waals surface area contributed by atoms with Crippen LogP contribution < -0.4 is 16.4 Å². The van der Waals surface area contributed by atoms with E-state index in [-0.39, 0.29) is 48.8 Å². The lowest BCUT2D eigenvalue weighted by Crippen LogP contribution is -2.49. The molecule has 2 atom stereocenters. The molecule has 9 nitrogen and oxygen atoms in total. The molecular formula is C18H31N5O4S. The summed E-state index contributed by atoms with van der Waals surface area (Å²) in [5.41, 5.74) is 5.17. The molecule has 0 aromatic heterocycles. The molecule has 10 heteroatoms. The van der Waals surface area contributed by atoms with Gasteiger partial charge < -0.3 is 26.2 Å². The third-order valence-electron chi connectivity index (χ3n) is 5.22. The van der Waals surface area contributed by atoms with Crippen molar-refractivity contribution in [3.63, 3.8) is 0 Å². The van der Waals surface area contributed by atoms with Crippen molar-refractivity contribution in [3.05, 3.63) is 0 Å². The minimum absolute atomic E-state index is 0.157. The van der Waals surface area contributed by atoms with Gasteiger partial charge in [-0.1, -0.05) is 19.3 Å². The maximum Gasteiger partial charge on any atom is 0.315 e. The molecular weight excluding hydrogens is 382 g/mol. The Balaban J connectivity index is 1.98. The van der Waals surface area contributed by atoms with Gasteiger partial charge in [0, 0.05) is 19.6 Å². The molecule has 1 saturated carbocycles. The fourth-order valence-electron chi connectivity index (χ4n) is 3.88. The van der Waals surface area contributed by atoms with Crippen LogP contribution in [0.25, 0.3) is 0 Å². The van der Waals surface area contributed by atoms with Crippen LogP contribution in [0.3, 0.4) is 0 Å². The summed E-state index contributed by atoms with van der Waals surface area (Å²) >= 11 is 1.38. The average molecular weight is 414 g/mol. The molecule has 1 heterocycles. The van der Waals surface area contributed by atoms with Crippen molar-refractivity contribution in [3.8, 4) is 0 Å². The Bertz CT molecular complexity index is 597. The highest BCUT2D eigenvalue weighted by Gasteiger charge is 2.41. The number of nitrogens with zero attached hydrogens (tertiary/aromatic N) is 2. The van der Waals surface area contributed by atoms with Crippen molar-refractivity contribution in [1.82, 2.24) is 20.4 Å². The predicted octanol–water partition coefficient (Wildman–Crippen LogP) is -0.105. The molecule has 0 unspecified atom stereocenters. The lowest BCUT2D eigenvalue weighted by atomic mass is 9.96. The summed E-state index contributed by atoms with van der Waals surface area (Å²) in [6, 6.07) is -1.09. The van der Waals surface area contributed by atoms with E-state index in [1.807, 2.05) is 6.26 Å². The summed E-state index contributed by atoms with van der Waals surface area (Å²) in [6.07, 6.45) is 7.54. The van der Waals surface area contributed by atoms with E-state index in [4.69, 9.17) is 5.73 Å². The highest BCUT2D eigenvalue weighted by Crippen LogP contribution is 2.22. The van der Waals surface area contributed by atoms with Gasteiger partial charge in [0.25, 0.3) is 0 Å². The van der Waals surface area contributed by atoms with Crippen LogP contribution in [-0.4, -0.2) is 83.8 Å². The third kappa shape index (κ3) is 6.29. The number of urea groups is 1. The van der Waals surface area contributed by atoms with Crippen LogP contribution in [0.15, 0.2) is 0 Å². The van der Waals surface area contributed by atoms with E-state index in [1.54, 1.807) is 0 Å². The quantitative estimate of drug-likeness (QED) is 0.537. The van der Waals surface area contributed by atoms with Gasteiger partial charge in [0.1, 0.15) is 6.04 Å². The molecule has 0 spiro atoms. The van der Waals surface area contributed by atoms with Gasteiger partial charge in [-0.25, -0.2) is 4.79 Å². The Morgan fingerprint density at radius 2 is 1.75 bits per heavy atom. The normalized spacial score (nSPS) is 22.6. The maximum absolute atomic E-state index is 12.7. The van der Waals surface area contributed by atoms with Gasteiger partial charge in [-0.3, -0.25) is 14.4 Å². The monoisotopic (exact) mass is 413 g/mol. The number of primary amides is 1. The summed E-state index contributed by atoms with van der Waals surface area (Å²) in [5, 5.41) is 5.90. The first-order chi connectivity index (χ1) is 13.3. The summed E-state index contributed by atoms with van der Waals surface area (Å²) in [6.45, 7) is 0.0679. The molecule has 5 amide bonds. The maximum atomic E-state index is 12.7. The largest absolute Gasteiger partial charge is 0.368 e. The first-order valence-electron chi connectivity index (χ1n) is 9.70. The molecule has 2 rings (SSSR count). The van der Waals surface area contributed by atoms with Gasteiger partial charge in [-0.2, -0.15) is 11.8 Å². The number of nitrogens with one attached hydrogen (secondary N) is 2. The van der Waals surface area contributed by atoms with Gasteiger partial charge in [0.15, 0.2) is 0 Å². The topological polar surface area (TPSA) is 125 Å². The van der Waals surface area contributed by atoms with Crippen molar-refractivity contribution in [2.75, 3.05) is 32.1 Å². The minimum atomic E-state index is -0.705. The predicted molar refractivity (Wildman–Crippen MR) is 108 cm³/mol. The highest BCUT2D eigenvalue weighted by atomic mass is 32.2. The molecule has 2 fully saturated rings. The Hall–Kier alpha value is -1.97. The van der Waals surface area contributed by atoms with Crippen LogP contribution in [0, 0.1) is 0 Å². The number of hydrogen-bond acceptors (Lipinski definition) is 5. The van der Waals surface area contributed by atoms with Crippen molar-refractivity contribution >= 4 is 35.5 Å². The number of rotatable bonds is 7. The highest BCUT2D eigenvalue weighted by molar-refractivity contribution is 7.99. The molecule has 158 valence electrons. The number of likely N-dealkylation sites (N-methyl/N-ethyl adjacent to an activating group) is 1. The summed E-state index contributed by atoms with van der Waals surface area (Å²) < 4.78 is 0. The van der Waals surface area contributed by atoms with Crippen molar-refractivity contribution in [2.24, 2.45) is 5.73 Å². The zero-order valence-electron chi connectivity index (χ0n) is 16.6. The van der Waals surface area contributed by atoms with E-state index in [2.05, 4.69) is 10.6 Å².